The number of amides is 1. The molecule has 33 heavy (non-hydrogen) atoms. The maximum absolute atomic E-state index is 12.7. The molecule has 0 saturated heterocycles. The third kappa shape index (κ3) is 4.94. The number of fused-ring (bicyclic) bond motifs is 2. The van der Waals surface area contributed by atoms with Crippen LogP contribution in [0.15, 0.2) is 53.3 Å². The molecule has 2 aromatic carbocycles. The Labute approximate surface area is 192 Å². The minimum absolute atomic E-state index is 0.0171. The molecule has 8 heteroatoms. The van der Waals surface area contributed by atoms with Crippen molar-refractivity contribution < 1.29 is 4.79 Å². The van der Waals surface area contributed by atoms with Gasteiger partial charge in [-0.1, -0.05) is 49.7 Å². The summed E-state index contributed by atoms with van der Waals surface area (Å²) in [5.41, 5.74) is 2.47. The van der Waals surface area contributed by atoms with E-state index in [1.54, 1.807) is 12.1 Å². The zero-order valence-corrected chi connectivity index (χ0v) is 19.4. The fourth-order valence-electron chi connectivity index (χ4n) is 4.11. The lowest BCUT2D eigenvalue weighted by Gasteiger charge is -2.22. The van der Waals surface area contributed by atoms with Gasteiger partial charge in [0.1, 0.15) is 11.3 Å². The fraction of sp³-hybridized carbons (Fsp3) is 0.400. The molecule has 1 unspecified atom stereocenters. The number of hydrogen-bond donors (Lipinski definition) is 1. The van der Waals surface area contributed by atoms with Crippen molar-refractivity contribution in [2.75, 3.05) is 0 Å². The van der Waals surface area contributed by atoms with Crippen molar-refractivity contribution in [2.45, 2.75) is 52.1 Å². The molecule has 0 aliphatic rings. The minimum atomic E-state index is -0.152. The number of para-hydroxylation sites is 2. The first-order chi connectivity index (χ1) is 16.0. The highest BCUT2D eigenvalue weighted by molar-refractivity contribution is 5.78. The van der Waals surface area contributed by atoms with Gasteiger partial charge in [0.25, 0.3) is 5.56 Å². The van der Waals surface area contributed by atoms with Crippen LogP contribution in [0, 0.1) is 5.92 Å². The molecule has 4 rings (SSSR count). The molecular formula is C25H30N6O2. The summed E-state index contributed by atoms with van der Waals surface area (Å²) in [7, 11) is 1.99. The van der Waals surface area contributed by atoms with Gasteiger partial charge in [-0.3, -0.25) is 9.59 Å². The van der Waals surface area contributed by atoms with Crippen molar-refractivity contribution in [3.63, 3.8) is 0 Å². The van der Waals surface area contributed by atoms with E-state index < -0.39 is 0 Å². The first kappa shape index (κ1) is 22.6. The SMILES string of the molecule is CC(C)C(NC(=O)CCCCCn1nnc2ccccc2c1=O)c1nc2ccccc2n1C. The van der Waals surface area contributed by atoms with E-state index in [1.165, 1.54) is 4.68 Å². The number of hydrogen-bond acceptors (Lipinski definition) is 5. The average Bonchev–Trinajstić information content (AvgIpc) is 3.15. The Bertz CT molecular complexity index is 1320. The molecule has 0 aliphatic carbocycles. The second-order valence-electron chi connectivity index (χ2n) is 8.75. The van der Waals surface area contributed by atoms with Crippen LogP contribution in [0.1, 0.15) is 51.4 Å². The first-order valence-corrected chi connectivity index (χ1v) is 11.5. The van der Waals surface area contributed by atoms with Crippen LogP contribution >= 0.6 is 0 Å². The van der Waals surface area contributed by atoms with Gasteiger partial charge in [0.05, 0.1) is 22.5 Å². The normalized spacial score (nSPS) is 12.5. The Morgan fingerprint density at radius 1 is 1.00 bits per heavy atom. The molecule has 1 amide bonds. The van der Waals surface area contributed by atoms with E-state index in [0.717, 1.165) is 36.1 Å². The standard InChI is InChI=1S/C25H30N6O2/c1-17(2)23(24-26-20-13-8-9-14-21(20)30(24)3)27-22(32)15-5-4-10-16-31-25(33)18-11-6-7-12-19(18)28-29-31/h6-9,11-14,17,23H,4-5,10,15-16H2,1-3H3,(H,27,32). The molecule has 172 valence electrons. The number of benzene rings is 2. The van der Waals surface area contributed by atoms with Crippen LogP contribution < -0.4 is 10.9 Å². The van der Waals surface area contributed by atoms with Gasteiger partial charge >= 0.3 is 0 Å². The van der Waals surface area contributed by atoms with Crippen LogP contribution in [-0.2, 0) is 18.4 Å². The van der Waals surface area contributed by atoms with Crippen molar-refractivity contribution in [1.29, 1.82) is 0 Å². The van der Waals surface area contributed by atoms with Crippen LogP contribution in [0.5, 0.6) is 0 Å². The molecule has 8 nitrogen and oxygen atoms in total. The molecule has 0 spiro atoms. The van der Waals surface area contributed by atoms with Crippen molar-refractivity contribution >= 4 is 27.8 Å². The zero-order valence-electron chi connectivity index (χ0n) is 19.4. The third-order valence-electron chi connectivity index (χ3n) is 5.99. The minimum Gasteiger partial charge on any atom is -0.346 e. The van der Waals surface area contributed by atoms with Gasteiger partial charge in [0, 0.05) is 20.0 Å². The molecule has 1 N–H and O–H groups in total. The van der Waals surface area contributed by atoms with Crippen molar-refractivity contribution in [3.8, 4) is 0 Å². The molecule has 0 fully saturated rings. The second-order valence-corrected chi connectivity index (χ2v) is 8.75. The summed E-state index contributed by atoms with van der Waals surface area (Å²) in [4.78, 5) is 29.9. The van der Waals surface area contributed by atoms with Gasteiger partial charge in [-0.25, -0.2) is 9.67 Å². The number of rotatable bonds is 9. The second kappa shape index (κ2) is 9.94. The topological polar surface area (TPSA) is 94.7 Å². The maximum Gasteiger partial charge on any atom is 0.277 e. The van der Waals surface area contributed by atoms with Gasteiger partial charge in [-0.05, 0) is 43.0 Å². The number of nitrogens with one attached hydrogen (secondary N) is 1. The highest BCUT2D eigenvalue weighted by atomic mass is 16.1. The molecule has 1 atom stereocenters. The maximum atomic E-state index is 12.7. The smallest absolute Gasteiger partial charge is 0.277 e. The van der Waals surface area contributed by atoms with Gasteiger partial charge in [0.15, 0.2) is 0 Å². The summed E-state index contributed by atoms with van der Waals surface area (Å²) in [6, 6.07) is 15.1. The molecule has 4 aromatic rings. The van der Waals surface area contributed by atoms with E-state index in [1.807, 2.05) is 43.4 Å². The van der Waals surface area contributed by atoms with Crippen molar-refractivity contribution in [3.05, 3.63) is 64.7 Å². The Morgan fingerprint density at radius 3 is 2.48 bits per heavy atom. The lowest BCUT2D eigenvalue weighted by atomic mass is 10.0. The Hall–Kier alpha value is -3.55. The molecule has 2 aromatic heterocycles. The predicted molar refractivity (Wildman–Crippen MR) is 129 cm³/mol. The first-order valence-electron chi connectivity index (χ1n) is 11.5. The van der Waals surface area contributed by atoms with Gasteiger partial charge in [-0.15, -0.1) is 5.10 Å². The Kier molecular flexibility index (Phi) is 6.82. The van der Waals surface area contributed by atoms with Crippen LogP contribution in [0.3, 0.4) is 0 Å². The number of carbonyl (C=O) groups excluding carboxylic acids is 1. The third-order valence-corrected chi connectivity index (χ3v) is 5.99. The van der Waals surface area contributed by atoms with Crippen LogP contribution in [0.4, 0.5) is 0 Å². The lowest BCUT2D eigenvalue weighted by Crippen LogP contribution is -2.33. The van der Waals surface area contributed by atoms with E-state index in [-0.39, 0.29) is 23.4 Å². The summed E-state index contributed by atoms with van der Waals surface area (Å²) in [5.74, 6) is 1.10. The van der Waals surface area contributed by atoms with Crippen molar-refractivity contribution in [1.82, 2.24) is 29.9 Å². The number of aromatic nitrogens is 5. The Balaban J connectivity index is 1.30. The number of aryl methyl sites for hydroxylation is 2. The average molecular weight is 447 g/mol. The van der Waals surface area contributed by atoms with E-state index in [2.05, 4.69) is 34.0 Å². The lowest BCUT2D eigenvalue weighted by molar-refractivity contribution is -0.122. The fourth-order valence-corrected chi connectivity index (χ4v) is 4.11. The van der Waals surface area contributed by atoms with E-state index >= 15 is 0 Å². The Morgan fingerprint density at radius 2 is 1.73 bits per heavy atom. The van der Waals surface area contributed by atoms with Crippen LogP contribution in [0.25, 0.3) is 21.9 Å². The van der Waals surface area contributed by atoms with Crippen LogP contribution in [-0.4, -0.2) is 30.5 Å². The molecule has 2 heterocycles. The van der Waals surface area contributed by atoms with Gasteiger partial charge in [0.2, 0.25) is 5.91 Å². The quantitative estimate of drug-likeness (QED) is 0.395. The molecule has 0 bridgehead atoms. The molecule has 0 saturated carbocycles. The number of nitrogens with zero attached hydrogens (tertiary/aromatic N) is 5. The summed E-state index contributed by atoms with van der Waals surface area (Å²) >= 11 is 0. The van der Waals surface area contributed by atoms with E-state index in [0.29, 0.717) is 23.9 Å². The number of imidazole rings is 1. The highest BCUT2D eigenvalue weighted by Crippen LogP contribution is 2.25. The molecule has 0 aliphatic heterocycles. The van der Waals surface area contributed by atoms with Crippen LogP contribution in [0.2, 0.25) is 0 Å². The summed E-state index contributed by atoms with van der Waals surface area (Å²) < 4.78 is 3.46. The summed E-state index contributed by atoms with van der Waals surface area (Å²) in [6.45, 7) is 4.67. The summed E-state index contributed by atoms with van der Waals surface area (Å²) in [6.07, 6.45) is 2.77. The highest BCUT2D eigenvalue weighted by Gasteiger charge is 2.23. The summed E-state index contributed by atoms with van der Waals surface area (Å²) in [5, 5.41) is 11.9. The zero-order chi connectivity index (χ0) is 23.4. The van der Waals surface area contributed by atoms with E-state index in [4.69, 9.17) is 4.98 Å². The van der Waals surface area contributed by atoms with Crippen molar-refractivity contribution in [2.24, 2.45) is 13.0 Å². The van der Waals surface area contributed by atoms with E-state index in [9.17, 15) is 9.59 Å². The number of unbranched alkanes of at least 4 members (excludes halogenated alkanes) is 2. The predicted octanol–water partition coefficient (Wildman–Crippen LogP) is 3.75. The molecule has 0 radical (unpaired) electrons. The monoisotopic (exact) mass is 446 g/mol. The largest absolute Gasteiger partial charge is 0.346 e. The van der Waals surface area contributed by atoms with Gasteiger partial charge < -0.3 is 9.88 Å². The van der Waals surface area contributed by atoms with Gasteiger partial charge in [-0.2, -0.15) is 0 Å². The molecular weight excluding hydrogens is 416 g/mol. The number of carbonyl (C=O) groups is 1.